The van der Waals surface area contributed by atoms with Crippen molar-refractivity contribution < 1.29 is 18.7 Å². The van der Waals surface area contributed by atoms with Crippen molar-refractivity contribution >= 4 is 33.9 Å². The molecule has 2 heterocycles. The zero-order chi connectivity index (χ0) is 21.4. The number of hydrogen-bond acceptors (Lipinski definition) is 6. The average Bonchev–Trinajstić information content (AvgIpc) is 3.52. The van der Waals surface area contributed by atoms with E-state index < -0.39 is 24.2 Å². The smallest absolute Gasteiger partial charge is 0.327 e. The van der Waals surface area contributed by atoms with Gasteiger partial charge in [0.1, 0.15) is 17.6 Å². The second kappa shape index (κ2) is 7.71. The van der Waals surface area contributed by atoms with Gasteiger partial charge in [0.2, 0.25) is 11.7 Å². The highest BCUT2D eigenvalue weighted by Crippen LogP contribution is 2.25. The van der Waals surface area contributed by atoms with Gasteiger partial charge in [-0.25, -0.2) is 4.98 Å². The van der Waals surface area contributed by atoms with E-state index in [0.29, 0.717) is 16.7 Å². The molecule has 0 spiro atoms. The van der Waals surface area contributed by atoms with Gasteiger partial charge < -0.3 is 14.5 Å². The number of aromatic nitrogens is 2. The lowest BCUT2D eigenvalue weighted by Crippen LogP contribution is -2.35. The van der Waals surface area contributed by atoms with Crippen molar-refractivity contribution in [2.45, 2.75) is 31.5 Å². The van der Waals surface area contributed by atoms with Crippen molar-refractivity contribution in [1.29, 1.82) is 0 Å². The largest absolute Gasteiger partial charge is 0.448 e. The first-order valence-corrected chi connectivity index (χ1v) is 10.0. The Morgan fingerprint density at radius 2 is 1.87 bits per heavy atom. The molecule has 1 aliphatic rings. The van der Waals surface area contributed by atoms with Crippen LogP contribution >= 0.6 is 0 Å². The third kappa shape index (κ3) is 3.79. The first-order valence-electron chi connectivity index (χ1n) is 10.0. The van der Waals surface area contributed by atoms with Gasteiger partial charge in [0.25, 0.3) is 11.5 Å². The molecule has 8 nitrogen and oxygen atoms in total. The molecule has 4 aromatic rings. The number of fused-ring (bicyclic) bond motifs is 3. The lowest BCUT2D eigenvalue weighted by molar-refractivity contribution is -0.157. The molecule has 1 unspecified atom stereocenters. The molecular weight excluding hydrogens is 398 g/mol. The van der Waals surface area contributed by atoms with E-state index in [4.69, 9.17) is 9.15 Å². The Morgan fingerprint density at radius 3 is 2.65 bits per heavy atom. The molecule has 156 valence electrons. The maximum atomic E-state index is 12.8. The summed E-state index contributed by atoms with van der Waals surface area (Å²) in [6, 6.07) is 16.1. The third-order valence-corrected chi connectivity index (χ3v) is 5.16. The highest BCUT2D eigenvalue weighted by Gasteiger charge is 2.31. The van der Waals surface area contributed by atoms with Crippen LogP contribution in [0.25, 0.3) is 22.1 Å². The molecular formula is C23H19N3O5. The van der Waals surface area contributed by atoms with Crippen molar-refractivity contribution in [3.05, 3.63) is 76.8 Å². The predicted molar refractivity (Wildman–Crippen MR) is 112 cm³/mol. The summed E-state index contributed by atoms with van der Waals surface area (Å²) in [5, 5.41) is 3.59. The van der Waals surface area contributed by atoms with Gasteiger partial charge in [-0.05, 0) is 25.0 Å². The molecule has 1 N–H and O–H groups in total. The highest BCUT2D eigenvalue weighted by molar-refractivity contribution is 6.01. The first kappa shape index (κ1) is 19.0. The number of carbonyl (C=O) groups is 2. The summed E-state index contributed by atoms with van der Waals surface area (Å²) in [6.07, 6.45) is 2.03. The Kier molecular flexibility index (Phi) is 4.74. The van der Waals surface area contributed by atoms with E-state index in [9.17, 15) is 14.4 Å². The number of nitrogens with one attached hydrogen (secondary N) is 1. The number of ether oxygens (including phenoxy) is 1. The van der Waals surface area contributed by atoms with E-state index in [0.717, 1.165) is 22.8 Å². The molecule has 0 aliphatic heterocycles. The first-order chi connectivity index (χ1) is 15.1. The van der Waals surface area contributed by atoms with Crippen molar-refractivity contribution in [3.63, 3.8) is 0 Å². The van der Waals surface area contributed by atoms with E-state index in [1.807, 2.05) is 18.2 Å². The predicted octanol–water partition coefficient (Wildman–Crippen LogP) is 2.71. The minimum absolute atomic E-state index is 0.0718. The molecule has 8 heteroatoms. The van der Waals surface area contributed by atoms with Crippen LogP contribution in [-0.4, -0.2) is 27.5 Å². The van der Waals surface area contributed by atoms with Gasteiger partial charge in [-0.2, -0.15) is 0 Å². The molecule has 1 fully saturated rings. The minimum Gasteiger partial charge on any atom is -0.448 e. The Labute approximate surface area is 176 Å². The Morgan fingerprint density at radius 1 is 1.13 bits per heavy atom. The summed E-state index contributed by atoms with van der Waals surface area (Å²) in [5.74, 6) is -1.10. The molecule has 2 aromatic heterocycles. The molecule has 1 aliphatic carbocycles. The molecule has 2 aromatic carbocycles. The van der Waals surface area contributed by atoms with Crippen LogP contribution in [0.4, 0.5) is 0 Å². The summed E-state index contributed by atoms with van der Waals surface area (Å²) >= 11 is 0. The number of nitrogens with zero attached hydrogens (tertiary/aromatic N) is 2. The van der Waals surface area contributed by atoms with Crippen LogP contribution in [0.2, 0.25) is 0 Å². The number of para-hydroxylation sites is 1. The summed E-state index contributed by atoms with van der Waals surface area (Å²) in [4.78, 5) is 42.4. The second-order valence-electron chi connectivity index (χ2n) is 7.52. The van der Waals surface area contributed by atoms with Crippen LogP contribution in [-0.2, 0) is 20.9 Å². The van der Waals surface area contributed by atoms with Gasteiger partial charge in [-0.3, -0.25) is 19.0 Å². The van der Waals surface area contributed by atoms with Crippen LogP contribution in [0.1, 0.15) is 24.5 Å². The lowest BCUT2D eigenvalue weighted by atomic mass is 10.1. The zero-order valence-corrected chi connectivity index (χ0v) is 16.5. The van der Waals surface area contributed by atoms with Crippen LogP contribution < -0.4 is 10.9 Å². The number of amides is 1. The summed E-state index contributed by atoms with van der Waals surface area (Å²) in [7, 11) is 0. The molecule has 1 amide bonds. The van der Waals surface area contributed by atoms with Gasteiger partial charge >= 0.3 is 5.97 Å². The van der Waals surface area contributed by atoms with Gasteiger partial charge in [0, 0.05) is 17.0 Å². The quantitative estimate of drug-likeness (QED) is 0.484. The van der Waals surface area contributed by atoms with Crippen molar-refractivity contribution in [3.8, 4) is 0 Å². The maximum absolute atomic E-state index is 12.8. The lowest BCUT2D eigenvalue weighted by Gasteiger charge is -2.18. The number of furan rings is 1. The molecule has 5 rings (SSSR count). The molecule has 0 saturated heterocycles. The number of carbonyl (C=O) groups excluding carboxylic acids is 2. The fourth-order valence-corrected chi connectivity index (χ4v) is 3.44. The maximum Gasteiger partial charge on any atom is 0.327 e. The number of hydrogen-bond donors (Lipinski definition) is 1. The van der Waals surface area contributed by atoms with Crippen molar-refractivity contribution in [2.24, 2.45) is 0 Å². The molecule has 0 radical (unpaired) electrons. The van der Waals surface area contributed by atoms with Gasteiger partial charge in [0.05, 0.1) is 6.33 Å². The Balaban J connectivity index is 1.39. The molecule has 1 saturated carbocycles. The van der Waals surface area contributed by atoms with E-state index in [1.54, 1.807) is 36.4 Å². The van der Waals surface area contributed by atoms with E-state index in [-0.39, 0.29) is 17.5 Å². The van der Waals surface area contributed by atoms with Crippen molar-refractivity contribution in [2.75, 3.05) is 0 Å². The SMILES string of the molecule is O=C(Cn1cnc2c(oc3ccccc32)c1=O)OC(C(=O)NC1CC1)c1ccccc1. The van der Waals surface area contributed by atoms with Crippen LogP contribution in [0.15, 0.2) is 70.1 Å². The summed E-state index contributed by atoms with van der Waals surface area (Å²) < 4.78 is 12.2. The fraction of sp³-hybridized carbons (Fsp3) is 0.217. The Bertz CT molecular complexity index is 1340. The molecule has 31 heavy (non-hydrogen) atoms. The van der Waals surface area contributed by atoms with Gasteiger partial charge in [-0.1, -0.05) is 42.5 Å². The fourth-order valence-electron chi connectivity index (χ4n) is 3.44. The second-order valence-corrected chi connectivity index (χ2v) is 7.52. The van der Waals surface area contributed by atoms with E-state index in [2.05, 4.69) is 10.3 Å². The molecule has 0 bridgehead atoms. The van der Waals surface area contributed by atoms with Crippen LogP contribution in [0, 0.1) is 0 Å². The van der Waals surface area contributed by atoms with Gasteiger partial charge in [-0.15, -0.1) is 0 Å². The monoisotopic (exact) mass is 417 g/mol. The summed E-state index contributed by atoms with van der Waals surface area (Å²) in [5.41, 5.74) is 1.13. The Hall–Kier alpha value is -3.94. The number of esters is 1. The topological polar surface area (TPSA) is 103 Å². The third-order valence-electron chi connectivity index (χ3n) is 5.16. The van der Waals surface area contributed by atoms with E-state index >= 15 is 0 Å². The number of rotatable bonds is 6. The van der Waals surface area contributed by atoms with E-state index in [1.165, 1.54) is 6.33 Å². The minimum atomic E-state index is -1.09. The van der Waals surface area contributed by atoms with Crippen LogP contribution in [0.5, 0.6) is 0 Å². The normalized spacial score (nSPS) is 14.5. The van der Waals surface area contributed by atoms with Crippen molar-refractivity contribution in [1.82, 2.24) is 14.9 Å². The highest BCUT2D eigenvalue weighted by atomic mass is 16.5. The zero-order valence-electron chi connectivity index (χ0n) is 16.5. The average molecular weight is 417 g/mol. The summed E-state index contributed by atoms with van der Waals surface area (Å²) in [6.45, 7) is -0.390. The van der Waals surface area contributed by atoms with Crippen LogP contribution in [0.3, 0.4) is 0 Å². The van der Waals surface area contributed by atoms with Gasteiger partial charge in [0.15, 0.2) is 0 Å². The molecule has 1 atom stereocenters. The standard InChI is InChI=1S/C23H19N3O5/c27-18(31-20(14-6-2-1-3-7-14)22(28)25-15-10-11-15)12-26-13-24-19-16-8-4-5-9-17(16)30-21(19)23(26)29/h1-9,13,15,20H,10-12H2,(H,25,28). The number of benzene rings is 2.